The van der Waals surface area contributed by atoms with Gasteiger partial charge >= 0.3 is 0 Å². The number of ether oxygens (including phenoxy) is 1. The Morgan fingerprint density at radius 2 is 1.66 bits per heavy atom. The smallest absolute Gasteiger partial charge is 0.255 e. The number of amides is 2. The summed E-state index contributed by atoms with van der Waals surface area (Å²) in [5, 5.41) is 5.75. The van der Waals surface area contributed by atoms with E-state index < -0.39 is 0 Å². The zero-order valence-electron chi connectivity index (χ0n) is 16.3. The first kappa shape index (κ1) is 20.5. The number of hydrogen-bond acceptors (Lipinski definition) is 4. The number of rotatable bonds is 7. The molecular formula is C23H22N2O3S. The van der Waals surface area contributed by atoms with E-state index in [1.54, 1.807) is 31.4 Å². The Bertz CT molecular complexity index is 1000. The largest absolute Gasteiger partial charge is 0.497 e. The molecule has 0 atom stereocenters. The average molecular weight is 407 g/mol. The fourth-order valence-corrected chi connectivity index (χ4v) is 3.37. The van der Waals surface area contributed by atoms with Gasteiger partial charge in [-0.1, -0.05) is 18.2 Å². The van der Waals surface area contributed by atoms with Gasteiger partial charge in [-0.2, -0.15) is 0 Å². The van der Waals surface area contributed by atoms with Crippen LogP contribution in [0.4, 0.5) is 11.4 Å². The molecule has 0 aliphatic rings. The average Bonchev–Trinajstić information content (AvgIpc) is 2.73. The third-order valence-corrected chi connectivity index (χ3v) is 5.13. The van der Waals surface area contributed by atoms with Crippen molar-refractivity contribution in [1.29, 1.82) is 0 Å². The minimum atomic E-state index is -0.207. The van der Waals surface area contributed by atoms with Crippen LogP contribution in [0, 0.1) is 6.92 Å². The second-order valence-corrected chi connectivity index (χ2v) is 7.47. The van der Waals surface area contributed by atoms with Crippen LogP contribution >= 0.6 is 11.8 Å². The molecule has 3 aromatic rings. The van der Waals surface area contributed by atoms with Crippen LogP contribution in [0.3, 0.4) is 0 Å². The molecule has 0 heterocycles. The predicted octanol–water partition coefficient (Wildman–Crippen LogP) is 4.99. The highest BCUT2D eigenvalue weighted by Gasteiger charge is 2.08. The van der Waals surface area contributed by atoms with Crippen LogP contribution in [0.25, 0.3) is 0 Å². The van der Waals surface area contributed by atoms with Crippen LogP contribution in [0.5, 0.6) is 5.75 Å². The minimum Gasteiger partial charge on any atom is -0.497 e. The molecule has 148 valence electrons. The Morgan fingerprint density at radius 3 is 2.38 bits per heavy atom. The van der Waals surface area contributed by atoms with Gasteiger partial charge in [0.05, 0.1) is 12.9 Å². The summed E-state index contributed by atoms with van der Waals surface area (Å²) in [4.78, 5) is 25.4. The van der Waals surface area contributed by atoms with E-state index in [1.165, 1.54) is 11.8 Å². The number of thioether (sulfide) groups is 1. The minimum absolute atomic E-state index is 0.0593. The summed E-state index contributed by atoms with van der Waals surface area (Å²) in [7, 11) is 1.56. The van der Waals surface area contributed by atoms with Crippen LogP contribution in [0.15, 0.2) is 77.7 Å². The van der Waals surface area contributed by atoms with Crippen LogP contribution in [-0.4, -0.2) is 24.7 Å². The van der Waals surface area contributed by atoms with Crippen molar-refractivity contribution in [1.82, 2.24) is 0 Å². The van der Waals surface area contributed by atoms with E-state index in [2.05, 4.69) is 10.6 Å². The summed E-state index contributed by atoms with van der Waals surface area (Å²) >= 11 is 1.44. The molecule has 0 fully saturated rings. The summed E-state index contributed by atoms with van der Waals surface area (Å²) in [6.07, 6.45) is 0. The lowest BCUT2D eigenvalue weighted by atomic mass is 10.2. The van der Waals surface area contributed by atoms with Gasteiger partial charge in [-0.05, 0) is 67.1 Å². The van der Waals surface area contributed by atoms with Gasteiger partial charge in [0.15, 0.2) is 0 Å². The number of methoxy groups -OCH3 is 1. The Hall–Kier alpha value is -3.25. The van der Waals surface area contributed by atoms with Gasteiger partial charge in [-0.25, -0.2) is 0 Å². The third-order valence-electron chi connectivity index (χ3n) is 4.12. The van der Waals surface area contributed by atoms with Crippen molar-refractivity contribution in [2.24, 2.45) is 0 Å². The molecule has 3 aromatic carbocycles. The summed E-state index contributed by atoms with van der Waals surface area (Å²) < 4.78 is 5.14. The molecule has 0 aliphatic heterocycles. The lowest BCUT2D eigenvalue weighted by molar-refractivity contribution is -0.113. The van der Waals surface area contributed by atoms with Crippen LogP contribution in [0.1, 0.15) is 15.9 Å². The van der Waals surface area contributed by atoms with E-state index in [-0.39, 0.29) is 11.8 Å². The normalized spacial score (nSPS) is 10.3. The van der Waals surface area contributed by atoms with Crippen molar-refractivity contribution >= 4 is 35.0 Å². The van der Waals surface area contributed by atoms with Crippen molar-refractivity contribution in [3.63, 3.8) is 0 Å². The highest BCUT2D eigenvalue weighted by molar-refractivity contribution is 8.00. The number of anilines is 2. The fourth-order valence-electron chi connectivity index (χ4n) is 2.67. The maximum absolute atomic E-state index is 12.4. The van der Waals surface area contributed by atoms with Gasteiger partial charge in [-0.15, -0.1) is 11.8 Å². The Labute approximate surface area is 174 Å². The lowest BCUT2D eigenvalue weighted by Crippen LogP contribution is -2.14. The summed E-state index contributed by atoms with van der Waals surface area (Å²) in [6.45, 7) is 1.99. The Kier molecular flexibility index (Phi) is 6.92. The number of carbonyl (C=O) groups excluding carboxylic acids is 2. The van der Waals surface area contributed by atoms with E-state index in [0.29, 0.717) is 22.8 Å². The molecule has 29 heavy (non-hydrogen) atoms. The first-order valence-corrected chi connectivity index (χ1v) is 10.1. The molecule has 0 aliphatic carbocycles. The summed E-state index contributed by atoms with van der Waals surface area (Å²) in [6, 6.07) is 22.1. The van der Waals surface area contributed by atoms with Crippen molar-refractivity contribution in [2.75, 3.05) is 23.5 Å². The molecule has 0 bridgehead atoms. The highest BCUT2D eigenvalue weighted by Crippen LogP contribution is 2.22. The summed E-state index contributed by atoms with van der Waals surface area (Å²) in [5.41, 5.74) is 3.11. The van der Waals surface area contributed by atoms with E-state index in [1.807, 2.05) is 55.5 Å². The topological polar surface area (TPSA) is 67.4 Å². The SMILES string of the molecule is COc1cccc(C(=O)Nc2ccc(SCC(=O)Nc3cccc(C)c3)cc2)c1. The standard InChI is InChI=1S/C23H22N2O3S/c1-16-5-3-7-19(13-16)24-22(26)15-29-21-11-9-18(10-12-21)25-23(27)17-6-4-8-20(14-17)28-2/h3-14H,15H2,1-2H3,(H,24,26)(H,25,27). The zero-order chi connectivity index (χ0) is 20.6. The van der Waals surface area contributed by atoms with Gasteiger partial charge < -0.3 is 15.4 Å². The molecule has 0 unspecified atom stereocenters. The molecule has 3 rings (SSSR count). The third kappa shape index (κ3) is 6.12. The second-order valence-electron chi connectivity index (χ2n) is 6.42. The molecule has 0 saturated carbocycles. The van der Waals surface area contributed by atoms with E-state index >= 15 is 0 Å². The molecule has 5 nitrogen and oxygen atoms in total. The molecule has 6 heteroatoms. The molecule has 0 radical (unpaired) electrons. The van der Waals surface area contributed by atoms with E-state index in [4.69, 9.17) is 4.74 Å². The van der Waals surface area contributed by atoms with E-state index in [0.717, 1.165) is 16.1 Å². The molecule has 0 aromatic heterocycles. The lowest BCUT2D eigenvalue weighted by Gasteiger charge is -2.08. The molecular weight excluding hydrogens is 384 g/mol. The monoisotopic (exact) mass is 406 g/mol. The van der Waals surface area contributed by atoms with Crippen molar-refractivity contribution < 1.29 is 14.3 Å². The van der Waals surface area contributed by atoms with Crippen LogP contribution in [0.2, 0.25) is 0 Å². The van der Waals surface area contributed by atoms with Crippen molar-refractivity contribution in [3.05, 3.63) is 83.9 Å². The molecule has 0 saturated heterocycles. The van der Waals surface area contributed by atoms with Gasteiger partial charge in [-0.3, -0.25) is 9.59 Å². The maximum atomic E-state index is 12.4. The van der Waals surface area contributed by atoms with Crippen molar-refractivity contribution in [2.45, 2.75) is 11.8 Å². The molecule has 2 N–H and O–H groups in total. The predicted molar refractivity (Wildman–Crippen MR) is 118 cm³/mol. The van der Waals surface area contributed by atoms with Crippen LogP contribution in [-0.2, 0) is 4.79 Å². The molecule has 2 amide bonds. The quantitative estimate of drug-likeness (QED) is 0.543. The van der Waals surface area contributed by atoms with Crippen LogP contribution < -0.4 is 15.4 Å². The summed E-state index contributed by atoms with van der Waals surface area (Å²) in [5.74, 6) is 0.676. The zero-order valence-corrected chi connectivity index (χ0v) is 17.1. The fraction of sp³-hybridized carbons (Fsp3) is 0.130. The van der Waals surface area contributed by atoms with Gasteiger partial charge in [0.25, 0.3) is 5.91 Å². The van der Waals surface area contributed by atoms with Gasteiger partial charge in [0, 0.05) is 21.8 Å². The molecule has 0 spiro atoms. The first-order chi connectivity index (χ1) is 14.0. The maximum Gasteiger partial charge on any atom is 0.255 e. The Morgan fingerprint density at radius 1 is 0.897 bits per heavy atom. The van der Waals surface area contributed by atoms with Gasteiger partial charge in [0.2, 0.25) is 5.91 Å². The number of hydrogen-bond donors (Lipinski definition) is 2. The Balaban J connectivity index is 1.52. The number of benzene rings is 3. The van der Waals surface area contributed by atoms with Gasteiger partial charge in [0.1, 0.15) is 5.75 Å². The second kappa shape index (κ2) is 9.80. The number of carbonyl (C=O) groups is 2. The first-order valence-electron chi connectivity index (χ1n) is 9.08. The number of aryl methyl sites for hydroxylation is 1. The number of nitrogens with one attached hydrogen (secondary N) is 2. The van der Waals surface area contributed by atoms with Crippen molar-refractivity contribution in [3.8, 4) is 5.75 Å². The van der Waals surface area contributed by atoms with E-state index in [9.17, 15) is 9.59 Å². The highest BCUT2D eigenvalue weighted by atomic mass is 32.2.